The van der Waals surface area contributed by atoms with E-state index in [2.05, 4.69) is 0 Å². The van der Waals surface area contributed by atoms with E-state index in [4.69, 9.17) is 0 Å². The third kappa shape index (κ3) is 1.74. The number of hydrogen-bond donors (Lipinski definition) is 1. The standard InChI is InChI=1S/C11H19FO/c1-11(12)5-8-3-2-4-9(6-11)10(8)7-13/h8-10,13H,2-7H2,1H3. The maximum atomic E-state index is 13.8. The summed E-state index contributed by atoms with van der Waals surface area (Å²) in [5.41, 5.74) is -0.957. The van der Waals surface area contributed by atoms with Crippen LogP contribution in [-0.4, -0.2) is 17.4 Å². The predicted octanol–water partition coefficient (Wildman–Crippen LogP) is 2.53. The van der Waals surface area contributed by atoms with Crippen molar-refractivity contribution in [2.75, 3.05) is 6.61 Å². The van der Waals surface area contributed by atoms with Gasteiger partial charge in [0, 0.05) is 6.61 Å². The summed E-state index contributed by atoms with van der Waals surface area (Å²) in [6.07, 6.45) is 4.84. The Morgan fingerprint density at radius 3 is 2.31 bits per heavy atom. The maximum Gasteiger partial charge on any atom is 0.108 e. The Kier molecular flexibility index (Phi) is 2.35. The van der Waals surface area contributed by atoms with Gasteiger partial charge in [0.2, 0.25) is 0 Å². The minimum Gasteiger partial charge on any atom is -0.396 e. The fourth-order valence-corrected chi connectivity index (χ4v) is 3.44. The first-order chi connectivity index (χ1) is 6.12. The fourth-order valence-electron chi connectivity index (χ4n) is 3.44. The zero-order valence-electron chi connectivity index (χ0n) is 8.30. The molecule has 2 saturated carbocycles. The summed E-state index contributed by atoms with van der Waals surface area (Å²) in [7, 11) is 0. The number of hydrogen-bond acceptors (Lipinski definition) is 1. The van der Waals surface area contributed by atoms with Crippen molar-refractivity contribution in [2.24, 2.45) is 17.8 Å². The molecule has 0 saturated heterocycles. The number of fused-ring (bicyclic) bond motifs is 2. The number of halogens is 1. The van der Waals surface area contributed by atoms with Gasteiger partial charge in [0.25, 0.3) is 0 Å². The summed E-state index contributed by atoms with van der Waals surface area (Å²) >= 11 is 0. The van der Waals surface area contributed by atoms with Crippen molar-refractivity contribution in [1.29, 1.82) is 0 Å². The Balaban J connectivity index is 2.12. The van der Waals surface area contributed by atoms with Crippen molar-refractivity contribution in [3.8, 4) is 0 Å². The monoisotopic (exact) mass is 186 g/mol. The molecule has 0 spiro atoms. The molecule has 2 aliphatic rings. The van der Waals surface area contributed by atoms with Crippen LogP contribution in [0.5, 0.6) is 0 Å². The summed E-state index contributed by atoms with van der Waals surface area (Å²) in [4.78, 5) is 0. The van der Waals surface area contributed by atoms with Crippen molar-refractivity contribution in [1.82, 2.24) is 0 Å². The van der Waals surface area contributed by atoms with E-state index >= 15 is 0 Å². The molecule has 1 nitrogen and oxygen atoms in total. The van der Waals surface area contributed by atoms with Gasteiger partial charge in [0.05, 0.1) is 0 Å². The van der Waals surface area contributed by atoms with Gasteiger partial charge in [-0.15, -0.1) is 0 Å². The largest absolute Gasteiger partial charge is 0.396 e. The van der Waals surface area contributed by atoms with E-state index < -0.39 is 5.67 Å². The normalized spacial score (nSPS) is 50.5. The summed E-state index contributed by atoms with van der Waals surface area (Å²) in [6.45, 7) is 2.00. The van der Waals surface area contributed by atoms with E-state index in [1.54, 1.807) is 6.92 Å². The van der Waals surface area contributed by atoms with Gasteiger partial charge in [-0.05, 0) is 50.4 Å². The van der Waals surface area contributed by atoms with E-state index in [0.29, 0.717) is 30.6 Å². The molecule has 1 N–H and O–H groups in total. The van der Waals surface area contributed by atoms with Gasteiger partial charge in [-0.25, -0.2) is 4.39 Å². The van der Waals surface area contributed by atoms with E-state index in [1.807, 2.05) is 0 Å². The second-order valence-corrected chi connectivity index (χ2v) is 5.12. The smallest absolute Gasteiger partial charge is 0.108 e. The molecule has 2 bridgehead atoms. The highest BCUT2D eigenvalue weighted by Crippen LogP contribution is 2.49. The van der Waals surface area contributed by atoms with E-state index in [1.165, 1.54) is 6.42 Å². The molecule has 0 aliphatic heterocycles. The number of rotatable bonds is 1. The van der Waals surface area contributed by atoms with Crippen LogP contribution >= 0.6 is 0 Å². The SMILES string of the molecule is CC1(F)CC2CCCC(C1)C2CO. The average molecular weight is 186 g/mol. The number of alkyl halides is 1. The first-order valence-corrected chi connectivity index (χ1v) is 5.42. The van der Waals surface area contributed by atoms with Gasteiger partial charge in [-0.1, -0.05) is 6.42 Å². The lowest BCUT2D eigenvalue weighted by Gasteiger charge is -2.46. The van der Waals surface area contributed by atoms with Gasteiger partial charge >= 0.3 is 0 Å². The van der Waals surface area contributed by atoms with Gasteiger partial charge in [0.1, 0.15) is 5.67 Å². The molecule has 0 aromatic rings. The highest BCUT2D eigenvalue weighted by Gasteiger charge is 2.45. The summed E-state index contributed by atoms with van der Waals surface area (Å²) < 4.78 is 13.8. The molecule has 2 atom stereocenters. The lowest BCUT2D eigenvalue weighted by Crippen LogP contribution is -2.43. The maximum absolute atomic E-state index is 13.8. The van der Waals surface area contributed by atoms with Crippen LogP contribution in [0.25, 0.3) is 0 Å². The molecule has 2 unspecified atom stereocenters. The molecule has 0 heterocycles. The highest BCUT2D eigenvalue weighted by atomic mass is 19.1. The van der Waals surface area contributed by atoms with Gasteiger partial charge in [0.15, 0.2) is 0 Å². The molecule has 2 heteroatoms. The Morgan fingerprint density at radius 1 is 1.31 bits per heavy atom. The minimum absolute atomic E-state index is 0.269. The lowest BCUT2D eigenvalue weighted by atomic mass is 9.61. The zero-order valence-corrected chi connectivity index (χ0v) is 8.30. The van der Waals surface area contributed by atoms with Crippen LogP contribution < -0.4 is 0 Å². The summed E-state index contributed by atoms with van der Waals surface area (Å²) in [6, 6.07) is 0. The Hall–Kier alpha value is -0.110. The fraction of sp³-hybridized carbons (Fsp3) is 1.00. The summed E-state index contributed by atoms with van der Waals surface area (Å²) in [5.74, 6) is 1.30. The van der Waals surface area contributed by atoms with E-state index in [0.717, 1.165) is 12.8 Å². The second kappa shape index (κ2) is 3.23. The molecule has 2 rings (SSSR count). The Bertz CT molecular complexity index is 175. The molecular formula is C11H19FO. The van der Waals surface area contributed by atoms with Crippen molar-refractivity contribution in [3.63, 3.8) is 0 Å². The van der Waals surface area contributed by atoms with E-state index in [-0.39, 0.29) is 6.61 Å². The second-order valence-electron chi connectivity index (χ2n) is 5.12. The zero-order chi connectivity index (χ0) is 9.47. The lowest BCUT2D eigenvalue weighted by molar-refractivity contribution is -0.0368. The van der Waals surface area contributed by atoms with Crippen molar-refractivity contribution in [2.45, 2.75) is 44.7 Å². The molecule has 0 aromatic carbocycles. The van der Waals surface area contributed by atoms with Crippen LogP contribution in [0.15, 0.2) is 0 Å². The van der Waals surface area contributed by atoms with Crippen LogP contribution in [0.2, 0.25) is 0 Å². The predicted molar refractivity (Wildman–Crippen MR) is 50.2 cm³/mol. The topological polar surface area (TPSA) is 20.2 Å². The minimum atomic E-state index is -0.957. The molecular weight excluding hydrogens is 167 g/mol. The molecule has 13 heavy (non-hydrogen) atoms. The van der Waals surface area contributed by atoms with Crippen LogP contribution in [0, 0.1) is 17.8 Å². The van der Waals surface area contributed by atoms with Crippen molar-refractivity contribution in [3.05, 3.63) is 0 Å². The van der Waals surface area contributed by atoms with Crippen LogP contribution in [-0.2, 0) is 0 Å². The van der Waals surface area contributed by atoms with Gasteiger partial charge < -0.3 is 5.11 Å². The highest BCUT2D eigenvalue weighted by molar-refractivity contribution is 4.95. The molecule has 76 valence electrons. The average Bonchev–Trinajstić information content (AvgIpc) is 2.01. The molecule has 0 amide bonds. The van der Waals surface area contributed by atoms with Crippen LogP contribution in [0.1, 0.15) is 39.0 Å². The molecule has 2 aliphatic carbocycles. The van der Waals surface area contributed by atoms with Crippen LogP contribution in [0.4, 0.5) is 4.39 Å². The third-order valence-corrected chi connectivity index (χ3v) is 3.95. The van der Waals surface area contributed by atoms with Crippen LogP contribution in [0.3, 0.4) is 0 Å². The number of aliphatic hydroxyl groups is 1. The van der Waals surface area contributed by atoms with E-state index in [9.17, 15) is 9.50 Å². The number of aliphatic hydroxyl groups excluding tert-OH is 1. The third-order valence-electron chi connectivity index (χ3n) is 3.95. The summed E-state index contributed by atoms with van der Waals surface area (Å²) in [5, 5.41) is 9.24. The first kappa shape index (κ1) is 9.45. The Morgan fingerprint density at radius 2 is 1.85 bits per heavy atom. The molecule has 0 radical (unpaired) electrons. The van der Waals surface area contributed by atoms with Gasteiger partial charge in [-0.3, -0.25) is 0 Å². The molecule has 2 fully saturated rings. The quantitative estimate of drug-likeness (QED) is 0.667. The van der Waals surface area contributed by atoms with Crippen molar-refractivity contribution < 1.29 is 9.50 Å². The first-order valence-electron chi connectivity index (χ1n) is 5.42. The van der Waals surface area contributed by atoms with Crippen molar-refractivity contribution >= 4 is 0 Å². The van der Waals surface area contributed by atoms with Gasteiger partial charge in [-0.2, -0.15) is 0 Å². The molecule has 0 aromatic heterocycles. The Labute approximate surface area is 79.3 Å².